The van der Waals surface area contributed by atoms with E-state index in [1.165, 1.54) is 0 Å². The number of rotatable bonds is 3. The van der Waals surface area contributed by atoms with Gasteiger partial charge in [0.15, 0.2) is 9.84 Å². The first-order valence-electron chi connectivity index (χ1n) is 5.80. The molecule has 90 valence electrons. The molecule has 0 aromatic rings. The molecule has 0 saturated heterocycles. The zero-order valence-electron chi connectivity index (χ0n) is 9.94. The Kier molecular flexibility index (Phi) is 4.18. The molecule has 0 radical (unpaired) electrons. The van der Waals surface area contributed by atoms with Gasteiger partial charge in [0.1, 0.15) is 0 Å². The third kappa shape index (κ3) is 3.45. The van der Waals surface area contributed by atoms with Crippen LogP contribution in [0.1, 0.15) is 40.0 Å². The Balaban J connectivity index is 2.65. The monoisotopic (exact) mass is 233 g/mol. The topological polar surface area (TPSA) is 60.2 Å². The molecule has 4 heteroatoms. The number of sulfone groups is 1. The summed E-state index contributed by atoms with van der Waals surface area (Å²) in [6, 6.07) is -0.246. The predicted molar refractivity (Wildman–Crippen MR) is 63.4 cm³/mol. The lowest BCUT2D eigenvalue weighted by Gasteiger charge is -2.32. The highest BCUT2D eigenvalue weighted by Crippen LogP contribution is 2.33. The maximum absolute atomic E-state index is 12.0. The molecule has 1 saturated carbocycles. The summed E-state index contributed by atoms with van der Waals surface area (Å²) >= 11 is 0. The largest absolute Gasteiger partial charge is 0.327 e. The maximum atomic E-state index is 12.0. The molecule has 0 aromatic heterocycles. The third-order valence-electron chi connectivity index (χ3n) is 3.55. The second-order valence-corrected chi connectivity index (χ2v) is 7.52. The molecule has 15 heavy (non-hydrogen) atoms. The molecule has 4 atom stereocenters. The van der Waals surface area contributed by atoms with Crippen molar-refractivity contribution in [1.29, 1.82) is 0 Å². The zero-order chi connectivity index (χ0) is 11.6. The van der Waals surface area contributed by atoms with Gasteiger partial charge in [0.25, 0.3) is 0 Å². The molecular weight excluding hydrogens is 210 g/mol. The summed E-state index contributed by atoms with van der Waals surface area (Å²) in [5.74, 6) is 1.32. The molecule has 2 N–H and O–H groups in total. The number of hydrogen-bond donors (Lipinski definition) is 1. The van der Waals surface area contributed by atoms with Crippen molar-refractivity contribution in [3.8, 4) is 0 Å². The van der Waals surface area contributed by atoms with Gasteiger partial charge in [-0.1, -0.05) is 13.8 Å². The summed E-state index contributed by atoms with van der Waals surface area (Å²) in [6.45, 7) is 6.11. The molecule has 1 aliphatic carbocycles. The Bertz CT molecular complexity index is 298. The predicted octanol–water partition coefficient (Wildman–Crippen LogP) is 1.57. The molecule has 0 spiro atoms. The molecule has 1 fully saturated rings. The van der Waals surface area contributed by atoms with Crippen LogP contribution in [0.3, 0.4) is 0 Å². The van der Waals surface area contributed by atoms with Gasteiger partial charge in [-0.15, -0.1) is 0 Å². The van der Waals surface area contributed by atoms with Crippen molar-refractivity contribution in [3.63, 3.8) is 0 Å². The van der Waals surface area contributed by atoms with E-state index < -0.39 is 9.84 Å². The Hall–Kier alpha value is -0.0900. The Morgan fingerprint density at radius 1 is 1.27 bits per heavy atom. The highest BCUT2D eigenvalue weighted by Gasteiger charge is 2.33. The van der Waals surface area contributed by atoms with Crippen LogP contribution >= 0.6 is 0 Å². The lowest BCUT2D eigenvalue weighted by atomic mass is 9.81. The van der Waals surface area contributed by atoms with Crippen LogP contribution in [0.2, 0.25) is 0 Å². The van der Waals surface area contributed by atoms with E-state index in [1.54, 1.807) is 6.92 Å². The molecule has 0 heterocycles. The van der Waals surface area contributed by atoms with Crippen molar-refractivity contribution in [1.82, 2.24) is 0 Å². The highest BCUT2D eigenvalue weighted by atomic mass is 32.2. The molecule has 1 rings (SSSR count). The van der Waals surface area contributed by atoms with Gasteiger partial charge in [0, 0.05) is 6.04 Å². The molecule has 0 aromatic carbocycles. The van der Waals surface area contributed by atoms with E-state index in [-0.39, 0.29) is 17.0 Å². The van der Waals surface area contributed by atoms with Crippen LogP contribution in [0.25, 0.3) is 0 Å². The first kappa shape index (κ1) is 13.0. The van der Waals surface area contributed by atoms with Crippen molar-refractivity contribution >= 4 is 9.84 Å². The summed E-state index contributed by atoms with van der Waals surface area (Å²) < 4.78 is 23.9. The standard InChI is InChI=1S/C11H23NO2S/c1-8-4-5-11(6-9(8)2)15(13,14)7-10(3)12/h8-11H,4-7,12H2,1-3H3. The molecule has 0 bridgehead atoms. The van der Waals surface area contributed by atoms with Gasteiger partial charge in [-0.05, 0) is 38.0 Å². The summed E-state index contributed by atoms with van der Waals surface area (Å²) in [5, 5.41) is -0.144. The van der Waals surface area contributed by atoms with Crippen LogP contribution in [0.15, 0.2) is 0 Å². The first-order valence-corrected chi connectivity index (χ1v) is 7.51. The van der Waals surface area contributed by atoms with Crippen LogP contribution in [-0.4, -0.2) is 25.5 Å². The summed E-state index contributed by atoms with van der Waals surface area (Å²) in [6.07, 6.45) is 2.67. The van der Waals surface area contributed by atoms with Gasteiger partial charge in [-0.3, -0.25) is 0 Å². The van der Waals surface area contributed by atoms with Crippen molar-refractivity contribution in [3.05, 3.63) is 0 Å². The number of hydrogen-bond acceptors (Lipinski definition) is 3. The highest BCUT2D eigenvalue weighted by molar-refractivity contribution is 7.92. The SMILES string of the molecule is CC(N)CS(=O)(=O)C1CCC(C)C(C)C1. The fourth-order valence-corrected chi connectivity index (χ4v) is 4.42. The maximum Gasteiger partial charge on any atom is 0.154 e. The van der Waals surface area contributed by atoms with Crippen molar-refractivity contribution in [2.75, 3.05) is 5.75 Å². The fraction of sp³-hybridized carbons (Fsp3) is 1.00. The number of nitrogens with two attached hydrogens (primary N) is 1. The fourth-order valence-electron chi connectivity index (χ4n) is 2.33. The lowest BCUT2D eigenvalue weighted by Crippen LogP contribution is -2.37. The zero-order valence-corrected chi connectivity index (χ0v) is 10.8. The Labute approximate surface area is 93.3 Å². The van der Waals surface area contributed by atoms with Crippen LogP contribution in [0.5, 0.6) is 0 Å². The van der Waals surface area contributed by atoms with Gasteiger partial charge >= 0.3 is 0 Å². The minimum atomic E-state index is -2.96. The van der Waals surface area contributed by atoms with E-state index in [4.69, 9.17) is 5.73 Å². The Morgan fingerprint density at radius 3 is 2.33 bits per heavy atom. The second-order valence-electron chi connectivity index (χ2n) is 5.20. The van der Waals surface area contributed by atoms with Crippen LogP contribution in [0.4, 0.5) is 0 Å². The quantitative estimate of drug-likeness (QED) is 0.805. The van der Waals surface area contributed by atoms with Crippen LogP contribution < -0.4 is 5.73 Å². The summed E-state index contributed by atoms with van der Waals surface area (Å²) in [4.78, 5) is 0. The van der Waals surface area contributed by atoms with Crippen LogP contribution in [0, 0.1) is 11.8 Å². The molecular formula is C11H23NO2S. The first-order chi connectivity index (χ1) is 6.83. The molecule has 1 aliphatic rings. The van der Waals surface area contributed by atoms with E-state index in [0.717, 1.165) is 19.3 Å². The average Bonchev–Trinajstić information content (AvgIpc) is 2.07. The smallest absolute Gasteiger partial charge is 0.154 e. The molecule has 0 amide bonds. The van der Waals surface area contributed by atoms with E-state index in [0.29, 0.717) is 11.8 Å². The molecule has 3 nitrogen and oxygen atoms in total. The minimum Gasteiger partial charge on any atom is -0.327 e. The van der Waals surface area contributed by atoms with E-state index >= 15 is 0 Å². The van der Waals surface area contributed by atoms with E-state index in [9.17, 15) is 8.42 Å². The average molecular weight is 233 g/mol. The third-order valence-corrected chi connectivity index (χ3v) is 5.99. The lowest BCUT2D eigenvalue weighted by molar-refractivity contribution is 0.278. The summed E-state index contributed by atoms with van der Waals surface area (Å²) in [5.41, 5.74) is 5.57. The van der Waals surface area contributed by atoms with Crippen LogP contribution in [-0.2, 0) is 9.84 Å². The summed E-state index contributed by atoms with van der Waals surface area (Å²) in [7, 11) is -2.96. The second kappa shape index (κ2) is 4.83. The van der Waals surface area contributed by atoms with Gasteiger partial charge in [0.2, 0.25) is 0 Å². The van der Waals surface area contributed by atoms with Crippen molar-refractivity contribution in [2.24, 2.45) is 17.6 Å². The van der Waals surface area contributed by atoms with E-state index in [2.05, 4.69) is 13.8 Å². The van der Waals surface area contributed by atoms with Gasteiger partial charge in [0.05, 0.1) is 11.0 Å². The normalized spacial score (nSPS) is 35.1. The molecule has 0 aliphatic heterocycles. The van der Waals surface area contributed by atoms with Crippen molar-refractivity contribution < 1.29 is 8.42 Å². The minimum absolute atomic E-state index is 0.138. The van der Waals surface area contributed by atoms with E-state index in [1.807, 2.05) is 0 Å². The van der Waals surface area contributed by atoms with Gasteiger partial charge < -0.3 is 5.73 Å². The molecule has 4 unspecified atom stereocenters. The van der Waals surface area contributed by atoms with Gasteiger partial charge in [-0.25, -0.2) is 8.42 Å². The van der Waals surface area contributed by atoms with Gasteiger partial charge in [-0.2, -0.15) is 0 Å². The Morgan fingerprint density at radius 2 is 1.87 bits per heavy atom. The van der Waals surface area contributed by atoms with Crippen molar-refractivity contribution in [2.45, 2.75) is 51.3 Å².